The summed E-state index contributed by atoms with van der Waals surface area (Å²) in [4.78, 5) is 15.4. The average molecular weight is 375 g/mol. The Morgan fingerprint density at radius 2 is 2.00 bits per heavy atom. The van der Waals surface area contributed by atoms with Crippen molar-refractivity contribution in [2.24, 2.45) is 0 Å². The molecule has 0 amide bonds. The van der Waals surface area contributed by atoms with Crippen LogP contribution in [0.15, 0.2) is 30.5 Å². The number of halogens is 4. The van der Waals surface area contributed by atoms with Gasteiger partial charge in [0.15, 0.2) is 0 Å². The predicted molar refractivity (Wildman–Crippen MR) is 85.9 cm³/mol. The second-order valence-electron chi connectivity index (χ2n) is 4.93. The minimum absolute atomic E-state index is 0.102. The number of anilines is 1. The molecule has 1 aromatic heterocycles. The first-order valence-corrected chi connectivity index (χ1v) is 7.36. The first-order chi connectivity index (χ1) is 11.8. The van der Waals surface area contributed by atoms with Gasteiger partial charge in [-0.2, -0.15) is 13.2 Å². The molecule has 0 saturated heterocycles. The zero-order chi connectivity index (χ0) is 18.6. The first kappa shape index (κ1) is 18.9. The third-order valence-corrected chi connectivity index (χ3v) is 3.59. The van der Waals surface area contributed by atoms with Gasteiger partial charge in [0.2, 0.25) is 0 Å². The molecule has 0 bridgehead atoms. The van der Waals surface area contributed by atoms with Gasteiger partial charge < -0.3 is 14.8 Å². The van der Waals surface area contributed by atoms with Gasteiger partial charge in [0.1, 0.15) is 17.1 Å². The molecule has 0 fully saturated rings. The van der Waals surface area contributed by atoms with Gasteiger partial charge >= 0.3 is 12.1 Å². The maximum Gasteiger partial charge on any atom is 0.417 e. The van der Waals surface area contributed by atoms with Crippen LogP contribution in [-0.4, -0.2) is 25.2 Å². The van der Waals surface area contributed by atoms with Crippen LogP contribution >= 0.6 is 11.6 Å². The first-order valence-electron chi connectivity index (χ1n) is 6.98. The summed E-state index contributed by atoms with van der Waals surface area (Å²) < 4.78 is 47.6. The number of hydrogen-bond acceptors (Lipinski definition) is 5. The Kier molecular flexibility index (Phi) is 5.73. The smallest absolute Gasteiger partial charge is 0.417 e. The molecule has 0 aliphatic carbocycles. The lowest BCUT2D eigenvalue weighted by Gasteiger charge is -2.12. The zero-order valence-electron chi connectivity index (χ0n) is 13.3. The van der Waals surface area contributed by atoms with E-state index in [1.54, 1.807) is 18.2 Å². The summed E-state index contributed by atoms with van der Waals surface area (Å²) in [6, 6.07) is 5.63. The third kappa shape index (κ3) is 4.54. The number of carbonyl (C=O) groups is 1. The number of hydrogen-bond donors (Lipinski definition) is 1. The summed E-state index contributed by atoms with van der Waals surface area (Å²) in [5.74, 6) is -0.115. The van der Waals surface area contributed by atoms with Gasteiger partial charge in [0.25, 0.3) is 0 Å². The van der Waals surface area contributed by atoms with Gasteiger partial charge in [-0.15, -0.1) is 0 Å². The van der Waals surface area contributed by atoms with Crippen LogP contribution < -0.4 is 10.1 Å². The molecule has 25 heavy (non-hydrogen) atoms. The molecule has 134 valence electrons. The van der Waals surface area contributed by atoms with E-state index in [1.165, 1.54) is 14.2 Å². The van der Waals surface area contributed by atoms with Crippen LogP contribution in [0.3, 0.4) is 0 Å². The van der Waals surface area contributed by atoms with Gasteiger partial charge in [-0.1, -0.05) is 17.7 Å². The highest BCUT2D eigenvalue weighted by atomic mass is 35.5. The van der Waals surface area contributed by atoms with Crippen LogP contribution in [-0.2, 0) is 17.5 Å². The molecular weight excluding hydrogens is 361 g/mol. The van der Waals surface area contributed by atoms with Gasteiger partial charge in [0.05, 0.1) is 24.8 Å². The Morgan fingerprint density at radius 3 is 2.56 bits per heavy atom. The number of alkyl halides is 3. The lowest BCUT2D eigenvalue weighted by molar-refractivity contribution is -0.137. The number of nitrogens with zero attached hydrogens (tertiary/aromatic N) is 1. The van der Waals surface area contributed by atoms with E-state index in [1.807, 2.05) is 0 Å². The van der Waals surface area contributed by atoms with Gasteiger partial charge in [-0.25, -0.2) is 9.78 Å². The molecule has 5 nitrogen and oxygen atoms in total. The molecule has 2 rings (SSSR count). The van der Waals surface area contributed by atoms with Crippen LogP contribution in [0.5, 0.6) is 5.75 Å². The van der Waals surface area contributed by atoms with Crippen molar-refractivity contribution < 1.29 is 27.4 Å². The van der Waals surface area contributed by atoms with Crippen LogP contribution in [0.1, 0.15) is 21.5 Å². The minimum atomic E-state index is -4.51. The van der Waals surface area contributed by atoms with Crippen molar-refractivity contribution in [2.45, 2.75) is 12.7 Å². The highest BCUT2D eigenvalue weighted by Crippen LogP contribution is 2.32. The Labute approximate surface area is 146 Å². The predicted octanol–water partition coefficient (Wildman–Crippen LogP) is 4.16. The zero-order valence-corrected chi connectivity index (χ0v) is 14.0. The number of pyridine rings is 1. The Hall–Kier alpha value is -2.48. The van der Waals surface area contributed by atoms with E-state index in [-0.39, 0.29) is 22.9 Å². The van der Waals surface area contributed by atoms with E-state index in [0.29, 0.717) is 17.5 Å². The summed E-state index contributed by atoms with van der Waals surface area (Å²) in [7, 11) is 2.67. The van der Waals surface area contributed by atoms with Gasteiger partial charge in [-0.05, 0) is 23.8 Å². The summed E-state index contributed by atoms with van der Waals surface area (Å²) >= 11 is 5.83. The second-order valence-corrected chi connectivity index (χ2v) is 5.34. The number of nitrogens with one attached hydrogen (secondary N) is 1. The highest BCUT2D eigenvalue weighted by molar-refractivity contribution is 6.32. The Morgan fingerprint density at radius 1 is 1.28 bits per heavy atom. The fourth-order valence-corrected chi connectivity index (χ4v) is 2.28. The third-order valence-electron chi connectivity index (χ3n) is 3.30. The molecule has 0 aliphatic heterocycles. The number of esters is 1. The van der Waals surface area contributed by atoms with Crippen LogP contribution in [0, 0.1) is 0 Å². The van der Waals surface area contributed by atoms with Gasteiger partial charge in [-0.3, -0.25) is 0 Å². The number of rotatable bonds is 5. The number of ether oxygens (including phenoxy) is 2. The summed E-state index contributed by atoms with van der Waals surface area (Å²) in [5.41, 5.74) is -0.0322. The number of carbonyl (C=O) groups excluding carboxylic acids is 1. The van der Waals surface area contributed by atoms with Crippen molar-refractivity contribution in [1.29, 1.82) is 0 Å². The second kappa shape index (κ2) is 7.60. The van der Waals surface area contributed by atoms with Crippen molar-refractivity contribution >= 4 is 23.4 Å². The van der Waals surface area contributed by atoms with Crippen molar-refractivity contribution in [3.8, 4) is 5.75 Å². The average Bonchev–Trinajstić information content (AvgIpc) is 2.58. The van der Waals surface area contributed by atoms with E-state index in [0.717, 1.165) is 6.07 Å². The molecule has 0 radical (unpaired) electrons. The summed E-state index contributed by atoms with van der Waals surface area (Å²) in [5, 5.41) is 2.67. The van der Waals surface area contributed by atoms with E-state index in [2.05, 4.69) is 15.0 Å². The number of aromatic nitrogens is 1. The number of benzene rings is 1. The molecule has 0 spiro atoms. The topological polar surface area (TPSA) is 60.5 Å². The fourth-order valence-electron chi connectivity index (χ4n) is 2.04. The molecule has 1 aromatic carbocycles. The standard InChI is InChI=1S/C16H14ClF3N2O3/c1-24-13-4-3-9(5-11(13)15(23)25-2)7-21-14-12(17)6-10(8-22-14)16(18,19)20/h3-6,8H,7H2,1-2H3,(H,21,22). The van der Waals surface area contributed by atoms with Crippen molar-refractivity contribution in [1.82, 2.24) is 4.98 Å². The molecule has 2 aromatic rings. The molecule has 1 heterocycles. The van der Waals surface area contributed by atoms with Crippen LogP contribution in [0.25, 0.3) is 0 Å². The van der Waals surface area contributed by atoms with Crippen LogP contribution in [0.2, 0.25) is 5.02 Å². The summed E-state index contributed by atoms with van der Waals surface area (Å²) in [6.45, 7) is 0.187. The molecule has 9 heteroatoms. The lowest BCUT2D eigenvalue weighted by atomic mass is 10.1. The Balaban J connectivity index is 2.18. The minimum Gasteiger partial charge on any atom is -0.496 e. The van der Waals surface area contributed by atoms with E-state index < -0.39 is 17.7 Å². The van der Waals surface area contributed by atoms with Crippen molar-refractivity contribution in [3.05, 3.63) is 52.2 Å². The van der Waals surface area contributed by atoms with E-state index in [4.69, 9.17) is 16.3 Å². The maximum atomic E-state index is 12.6. The molecular formula is C16H14ClF3N2O3. The monoisotopic (exact) mass is 374 g/mol. The Bertz CT molecular complexity index is 782. The quantitative estimate of drug-likeness (QED) is 0.796. The molecule has 0 saturated carbocycles. The van der Waals surface area contributed by atoms with E-state index in [9.17, 15) is 18.0 Å². The van der Waals surface area contributed by atoms with Gasteiger partial charge in [0, 0.05) is 12.7 Å². The summed E-state index contributed by atoms with van der Waals surface area (Å²) in [6.07, 6.45) is -3.82. The fraction of sp³-hybridized carbons (Fsp3) is 0.250. The van der Waals surface area contributed by atoms with Crippen molar-refractivity contribution in [3.63, 3.8) is 0 Å². The van der Waals surface area contributed by atoms with Crippen LogP contribution in [0.4, 0.5) is 19.0 Å². The molecule has 0 atom stereocenters. The SMILES string of the molecule is COC(=O)c1cc(CNc2ncc(C(F)(F)F)cc2Cl)ccc1OC. The lowest BCUT2D eigenvalue weighted by Crippen LogP contribution is -2.09. The highest BCUT2D eigenvalue weighted by Gasteiger charge is 2.31. The van der Waals surface area contributed by atoms with E-state index >= 15 is 0 Å². The molecule has 1 N–H and O–H groups in total. The van der Waals surface area contributed by atoms with Crippen molar-refractivity contribution in [2.75, 3.05) is 19.5 Å². The normalized spacial score (nSPS) is 11.1. The molecule has 0 aliphatic rings. The molecule has 0 unspecified atom stereocenters. The maximum absolute atomic E-state index is 12.6. The number of methoxy groups -OCH3 is 2. The largest absolute Gasteiger partial charge is 0.496 e.